The van der Waals surface area contributed by atoms with Crippen LogP contribution >= 0.6 is 31.9 Å². The van der Waals surface area contributed by atoms with E-state index in [2.05, 4.69) is 52.1 Å². The SMILES string of the molecule is CCOC(=O)c1nc(NCc2cnc(Br)cn2)ccc1Br. The van der Waals surface area contributed by atoms with Gasteiger partial charge in [-0.1, -0.05) is 0 Å². The molecule has 0 unspecified atom stereocenters. The first-order chi connectivity index (χ1) is 10.1. The van der Waals surface area contributed by atoms with E-state index in [0.717, 1.165) is 5.69 Å². The summed E-state index contributed by atoms with van der Waals surface area (Å²) in [5.74, 6) is 0.0995. The van der Waals surface area contributed by atoms with Crippen molar-refractivity contribution in [2.45, 2.75) is 13.5 Å². The van der Waals surface area contributed by atoms with Crippen molar-refractivity contribution in [3.63, 3.8) is 0 Å². The van der Waals surface area contributed by atoms with Crippen LogP contribution in [0.3, 0.4) is 0 Å². The zero-order valence-corrected chi connectivity index (χ0v) is 14.3. The Morgan fingerprint density at radius 3 is 2.76 bits per heavy atom. The monoisotopic (exact) mass is 414 g/mol. The predicted molar refractivity (Wildman–Crippen MR) is 85.0 cm³/mol. The van der Waals surface area contributed by atoms with E-state index in [9.17, 15) is 4.79 Å². The highest BCUT2D eigenvalue weighted by molar-refractivity contribution is 9.10. The molecule has 0 saturated carbocycles. The van der Waals surface area contributed by atoms with Gasteiger partial charge in [-0.15, -0.1) is 0 Å². The summed E-state index contributed by atoms with van der Waals surface area (Å²) < 4.78 is 6.22. The first-order valence-electron chi connectivity index (χ1n) is 6.14. The number of ether oxygens (including phenoxy) is 1. The topological polar surface area (TPSA) is 77.0 Å². The third-order valence-electron chi connectivity index (χ3n) is 2.44. The fourth-order valence-corrected chi connectivity index (χ4v) is 2.08. The Kier molecular flexibility index (Phi) is 5.63. The van der Waals surface area contributed by atoms with Crippen LogP contribution in [0, 0.1) is 0 Å². The molecule has 0 aliphatic heterocycles. The van der Waals surface area contributed by atoms with Crippen LogP contribution in [-0.2, 0) is 11.3 Å². The molecule has 2 rings (SSSR count). The summed E-state index contributed by atoms with van der Waals surface area (Å²) in [5, 5.41) is 3.09. The average molecular weight is 416 g/mol. The van der Waals surface area contributed by atoms with Gasteiger partial charge in [-0.2, -0.15) is 0 Å². The van der Waals surface area contributed by atoms with Gasteiger partial charge in [0.2, 0.25) is 0 Å². The number of anilines is 1. The molecule has 0 aromatic carbocycles. The second-order valence-electron chi connectivity index (χ2n) is 3.93. The molecule has 0 aliphatic rings. The van der Waals surface area contributed by atoms with Gasteiger partial charge in [-0.25, -0.2) is 14.8 Å². The fraction of sp³-hybridized carbons (Fsp3) is 0.231. The van der Waals surface area contributed by atoms with Crippen LogP contribution in [-0.4, -0.2) is 27.5 Å². The molecule has 0 amide bonds. The molecule has 2 aromatic rings. The van der Waals surface area contributed by atoms with Crippen molar-refractivity contribution in [1.29, 1.82) is 0 Å². The summed E-state index contributed by atoms with van der Waals surface area (Å²) in [6.07, 6.45) is 3.28. The van der Waals surface area contributed by atoms with Gasteiger partial charge < -0.3 is 10.1 Å². The largest absolute Gasteiger partial charge is 0.461 e. The lowest BCUT2D eigenvalue weighted by Gasteiger charge is -2.08. The van der Waals surface area contributed by atoms with Gasteiger partial charge in [0, 0.05) is 0 Å². The van der Waals surface area contributed by atoms with Gasteiger partial charge in [0.05, 0.1) is 35.7 Å². The van der Waals surface area contributed by atoms with E-state index >= 15 is 0 Å². The molecule has 0 fully saturated rings. The van der Waals surface area contributed by atoms with Crippen LogP contribution in [0.25, 0.3) is 0 Å². The number of nitrogens with zero attached hydrogens (tertiary/aromatic N) is 3. The van der Waals surface area contributed by atoms with Crippen molar-refractivity contribution in [2.24, 2.45) is 0 Å². The minimum absolute atomic E-state index is 0.240. The standard InChI is InChI=1S/C13H12Br2N4O2/c1-2-21-13(20)12-9(14)3-4-11(19-12)18-6-8-5-17-10(15)7-16-8/h3-5,7H,2,6H2,1H3,(H,18,19). The molecule has 8 heteroatoms. The molecule has 0 saturated heterocycles. The van der Waals surface area contributed by atoms with Crippen LogP contribution in [0.15, 0.2) is 33.6 Å². The Morgan fingerprint density at radius 2 is 2.10 bits per heavy atom. The minimum atomic E-state index is -0.462. The minimum Gasteiger partial charge on any atom is -0.461 e. The smallest absolute Gasteiger partial charge is 0.358 e. The number of aromatic nitrogens is 3. The molecular weight excluding hydrogens is 404 g/mol. The van der Waals surface area contributed by atoms with Crippen molar-refractivity contribution in [3.8, 4) is 0 Å². The van der Waals surface area contributed by atoms with Crippen LogP contribution in [0.1, 0.15) is 23.1 Å². The number of halogens is 2. The average Bonchev–Trinajstić information content (AvgIpc) is 2.48. The maximum atomic E-state index is 11.8. The van der Waals surface area contributed by atoms with Crippen molar-refractivity contribution in [1.82, 2.24) is 15.0 Å². The van der Waals surface area contributed by atoms with Gasteiger partial charge in [0.15, 0.2) is 5.69 Å². The number of rotatable bonds is 5. The molecule has 110 valence electrons. The normalized spacial score (nSPS) is 10.2. The molecule has 6 nitrogen and oxygen atoms in total. The second kappa shape index (κ2) is 7.46. The molecule has 2 aromatic heterocycles. The molecule has 1 N–H and O–H groups in total. The van der Waals surface area contributed by atoms with E-state index < -0.39 is 5.97 Å². The summed E-state index contributed by atoms with van der Waals surface area (Å²) in [7, 11) is 0. The number of nitrogens with one attached hydrogen (secondary N) is 1. The lowest BCUT2D eigenvalue weighted by molar-refractivity contribution is 0.0518. The number of carbonyl (C=O) groups excluding carboxylic acids is 1. The lowest BCUT2D eigenvalue weighted by atomic mass is 10.3. The Bertz CT molecular complexity index is 635. The molecular formula is C13H12Br2N4O2. The highest BCUT2D eigenvalue weighted by atomic mass is 79.9. The third-order valence-corrected chi connectivity index (χ3v) is 3.49. The Balaban J connectivity index is 2.08. The zero-order valence-electron chi connectivity index (χ0n) is 11.1. The molecule has 2 heterocycles. The molecule has 0 aliphatic carbocycles. The number of hydrogen-bond donors (Lipinski definition) is 1. The Hall–Kier alpha value is -1.54. The summed E-state index contributed by atoms with van der Waals surface area (Å²) in [5.41, 5.74) is 1.00. The summed E-state index contributed by atoms with van der Waals surface area (Å²) in [6.45, 7) is 2.51. The first-order valence-corrected chi connectivity index (χ1v) is 7.72. The Morgan fingerprint density at radius 1 is 1.29 bits per heavy atom. The van der Waals surface area contributed by atoms with E-state index in [-0.39, 0.29) is 5.69 Å². The van der Waals surface area contributed by atoms with Crippen LogP contribution in [0.4, 0.5) is 5.82 Å². The molecule has 0 radical (unpaired) electrons. The van der Waals surface area contributed by atoms with Gasteiger partial charge in [0.25, 0.3) is 0 Å². The number of hydrogen-bond acceptors (Lipinski definition) is 6. The van der Waals surface area contributed by atoms with E-state index in [1.54, 1.807) is 31.5 Å². The van der Waals surface area contributed by atoms with Crippen LogP contribution in [0.2, 0.25) is 0 Å². The van der Waals surface area contributed by atoms with Crippen LogP contribution < -0.4 is 5.32 Å². The van der Waals surface area contributed by atoms with E-state index in [1.165, 1.54) is 0 Å². The number of carbonyl (C=O) groups is 1. The maximum Gasteiger partial charge on any atom is 0.358 e. The molecule has 0 bridgehead atoms. The van der Waals surface area contributed by atoms with Crippen LogP contribution in [0.5, 0.6) is 0 Å². The summed E-state index contributed by atoms with van der Waals surface area (Å²) in [6, 6.07) is 3.51. The van der Waals surface area contributed by atoms with Crippen molar-refractivity contribution in [2.75, 3.05) is 11.9 Å². The van der Waals surface area contributed by atoms with Crippen molar-refractivity contribution < 1.29 is 9.53 Å². The van der Waals surface area contributed by atoms with Gasteiger partial charge in [-0.05, 0) is 50.9 Å². The van der Waals surface area contributed by atoms with Gasteiger partial charge >= 0.3 is 5.97 Å². The van der Waals surface area contributed by atoms with Crippen molar-refractivity contribution >= 4 is 43.6 Å². The molecule has 21 heavy (non-hydrogen) atoms. The number of esters is 1. The maximum absolute atomic E-state index is 11.8. The fourth-order valence-electron chi connectivity index (χ4n) is 1.49. The first kappa shape index (κ1) is 15.8. The molecule has 0 spiro atoms. The second-order valence-corrected chi connectivity index (χ2v) is 5.60. The zero-order chi connectivity index (χ0) is 15.2. The highest BCUT2D eigenvalue weighted by Gasteiger charge is 2.13. The van der Waals surface area contributed by atoms with E-state index in [1.807, 2.05) is 0 Å². The van der Waals surface area contributed by atoms with E-state index in [0.29, 0.717) is 28.0 Å². The summed E-state index contributed by atoms with van der Waals surface area (Å²) >= 11 is 6.51. The van der Waals surface area contributed by atoms with E-state index in [4.69, 9.17) is 4.74 Å². The predicted octanol–water partition coefficient (Wildman–Crippen LogP) is 3.19. The van der Waals surface area contributed by atoms with Gasteiger partial charge in [-0.3, -0.25) is 4.98 Å². The summed E-state index contributed by atoms with van der Waals surface area (Å²) in [4.78, 5) is 24.3. The Labute approximate surface area is 138 Å². The highest BCUT2D eigenvalue weighted by Crippen LogP contribution is 2.18. The third kappa shape index (κ3) is 4.47. The van der Waals surface area contributed by atoms with Crippen molar-refractivity contribution in [3.05, 3.63) is 45.0 Å². The van der Waals surface area contributed by atoms with Gasteiger partial charge in [0.1, 0.15) is 10.4 Å². The molecule has 0 atom stereocenters. The lowest BCUT2D eigenvalue weighted by Crippen LogP contribution is -2.10. The number of pyridine rings is 1. The quantitative estimate of drug-likeness (QED) is 0.755.